The van der Waals surface area contributed by atoms with Crippen molar-refractivity contribution in [2.45, 2.75) is 26.4 Å². The van der Waals surface area contributed by atoms with Crippen LogP contribution in [0.15, 0.2) is 24.3 Å². The molecule has 0 spiro atoms. The predicted molar refractivity (Wildman–Crippen MR) is 115 cm³/mol. The molecule has 1 fully saturated rings. The Bertz CT molecular complexity index is 1110. The molecule has 0 atom stereocenters. The monoisotopic (exact) mass is 426 g/mol. The molecule has 4 rings (SSSR count). The molecule has 2 heterocycles. The van der Waals surface area contributed by atoms with Gasteiger partial charge in [-0.1, -0.05) is 0 Å². The quantitative estimate of drug-likeness (QED) is 0.596. The average Bonchev–Trinajstić information content (AvgIpc) is 3.53. The molecule has 3 aromatic rings. The van der Waals surface area contributed by atoms with E-state index in [4.69, 9.17) is 9.47 Å². The first-order valence-electron chi connectivity index (χ1n) is 9.55. The Morgan fingerprint density at radius 2 is 1.77 bits per heavy atom. The second-order valence-electron chi connectivity index (χ2n) is 7.11. The smallest absolute Gasteiger partial charge is 0.266 e. The summed E-state index contributed by atoms with van der Waals surface area (Å²) < 4.78 is 10.5. The number of hydrogen-bond acceptors (Lipinski definition) is 7. The van der Waals surface area contributed by atoms with Crippen molar-refractivity contribution in [2.24, 2.45) is 5.92 Å². The van der Waals surface area contributed by atoms with Crippen LogP contribution >= 0.6 is 11.3 Å². The molecule has 2 amide bonds. The number of aryl methyl sites for hydroxylation is 1. The summed E-state index contributed by atoms with van der Waals surface area (Å²) in [4.78, 5) is 34.8. The minimum absolute atomic E-state index is 0.0515. The van der Waals surface area contributed by atoms with E-state index in [0.717, 1.165) is 23.8 Å². The highest BCUT2D eigenvalue weighted by Gasteiger charge is 2.29. The van der Waals surface area contributed by atoms with Crippen molar-refractivity contribution < 1.29 is 19.1 Å². The molecule has 0 bridgehead atoms. The Hall–Kier alpha value is -3.04. The fraction of sp³-hybridized carbons (Fsp3) is 0.333. The van der Waals surface area contributed by atoms with Crippen molar-refractivity contribution in [3.8, 4) is 5.88 Å². The van der Waals surface area contributed by atoms with Crippen LogP contribution in [0.4, 0.5) is 11.4 Å². The number of carbonyl (C=O) groups excluding carboxylic acids is 2. The van der Waals surface area contributed by atoms with E-state index in [0.29, 0.717) is 32.8 Å². The first kappa shape index (κ1) is 20.2. The van der Waals surface area contributed by atoms with Crippen molar-refractivity contribution in [2.75, 3.05) is 24.9 Å². The Balaban J connectivity index is 1.54. The van der Waals surface area contributed by atoms with Crippen LogP contribution in [0.25, 0.3) is 10.2 Å². The molecule has 1 aromatic carbocycles. The normalized spacial score (nSPS) is 13.3. The van der Waals surface area contributed by atoms with E-state index in [-0.39, 0.29) is 24.3 Å². The van der Waals surface area contributed by atoms with Gasteiger partial charge in [-0.3, -0.25) is 9.59 Å². The molecule has 1 aliphatic carbocycles. The van der Waals surface area contributed by atoms with Crippen molar-refractivity contribution >= 4 is 44.7 Å². The average molecular weight is 426 g/mol. The van der Waals surface area contributed by atoms with Crippen molar-refractivity contribution in [1.82, 2.24) is 9.97 Å². The fourth-order valence-corrected chi connectivity index (χ4v) is 4.20. The van der Waals surface area contributed by atoms with E-state index < -0.39 is 0 Å². The molecule has 156 valence electrons. The van der Waals surface area contributed by atoms with Crippen LogP contribution < -0.4 is 15.4 Å². The maximum atomic E-state index is 12.9. The highest BCUT2D eigenvalue weighted by molar-refractivity contribution is 7.20. The van der Waals surface area contributed by atoms with Gasteiger partial charge < -0.3 is 20.1 Å². The van der Waals surface area contributed by atoms with Gasteiger partial charge in [-0.2, -0.15) is 4.98 Å². The molecule has 0 unspecified atom stereocenters. The van der Waals surface area contributed by atoms with Gasteiger partial charge in [-0.05, 0) is 49.6 Å². The lowest BCUT2D eigenvalue weighted by atomic mass is 10.2. The van der Waals surface area contributed by atoms with E-state index in [9.17, 15) is 9.59 Å². The zero-order valence-electron chi connectivity index (χ0n) is 16.9. The number of amides is 2. The van der Waals surface area contributed by atoms with Crippen LogP contribution in [-0.4, -0.2) is 36.0 Å². The molecular formula is C21H22N4O4S. The SMILES string of the molecule is COCc1nc(OC)c2c(C)c(C(=O)Nc3ccc(NC(=O)C4CC4)cc3)sc2n1. The summed E-state index contributed by atoms with van der Waals surface area (Å²) in [6.45, 7) is 2.11. The van der Waals surface area contributed by atoms with Gasteiger partial charge in [-0.25, -0.2) is 4.98 Å². The number of nitrogens with one attached hydrogen (secondary N) is 2. The number of benzene rings is 1. The van der Waals surface area contributed by atoms with E-state index in [1.807, 2.05) is 6.92 Å². The van der Waals surface area contributed by atoms with E-state index in [2.05, 4.69) is 20.6 Å². The van der Waals surface area contributed by atoms with Crippen LogP contribution in [0.1, 0.15) is 33.9 Å². The summed E-state index contributed by atoms with van der Waals surface area (Å²) in [6, 6.07) is 7.08. The molecule has 30 heavy (non-hydrogen) atoms. The summed E-state index contributed by atoms with van der Waals surface area (Å²) in [5, 5.41) is 6.51. The zero-order chi connectivity index (χ0) is 21.3. The highest BCUT2D eigenvalue weighted by atomic mass is 32.1. The molecule has 2 aromatic heterocycles. The van der Waals surface area contributed by atoms with Gasteiger partial charge in [0.1, 0.15) is 11.4 Å². The van der Waals surface area contributed by atoms with Gasteiger partial charge in [0.25, 0.3) is 5.91 Å². The maximum absolute atomic E-state index is 12.9. The van der Waals surface area contributed by atoms with Crippen molar-refractivity contribution in [1.29, 1.82) is 0 Å². The Morgan fingerprint density at radius 1 is 1.10 bits per heavy atom. The van der Waals surface area contributed by atoms with Gasteiger partial charge in [0.05, 0.1) is 17.4 Å². The summed E-state index contributed by atoms with van der Waals surface area (Å²) in [5.41, 5.74) is 2.12. The minimum atomic E-state index is -0.236. The first-order valence-corrected chi connectivity index (χ1v) is 10.4. The number of carbonyl (C=O) groups is 2. The summed E-state index contributed by atoms with van der Waals surface area (Å²) in [6.07, 6.45) is 1.91. The predicted octanol–water partition coefficient (Wildman–Crippen LogP) is 3.76. The number of aromatic nitrogens is 2. The number of thiophene rings is 1. The summed E-state index contributed by atoms with van der Waals surface area (Å²) in [5.74, 6) is 0.885. The Labute approximate surface area is 177 Å². The molecule has 1 saturated carbocycles. The number of rotatable bonds is 7. The van der Waals surface area contributed by atoms with Crippen LogP contribution in [0.3, 0.4) is 0 Å². The number of anilines is 2. The second kappa shape index (κ2) is 8.37. The minimum Gasteiger partial charge on any atom is -0.480 e. The maximum Gasteiger partial charge on any atom is 0.266 e. The number of methoxy groups -OCH3 is 2. The van der Waals surface area contributed by atoms with Crippen LogP contribution in [0.2, 0.25) is 0 Å². The fourth-order valence-electron chi connectivity index (χ4n) is 3.12. The third-order valence-electron chi connectivity index (χ3n) is 4.83. The molecule has 0 saturated heterocycles. The topological polar surface area (TPSA) is 102 Å². The third-order valence-corrected chi connectivity index (χ3v) is 6.02. The molecule has 0 aliphatic heterocycles. The largest absolute Gasteiger partial charge is 0.480 e. The molecule has 1 aliphatic rings. The lowest BCUT2D eigenvalue weighted by molar-refractivity contribution is -0.117. The Kier molecular flexibility index (Phi) is 5.65. The lowest BCUT2D eigenvalue weighted by Crippen LogP contribution is -2.14. The number of nitrogens with zero attached hydrogens (tertiary/aromatic N) is 2. The van der Waals surface area contributed by atoms with E-state index in [1.54, 1.807) is 38.5 Å². The zero-order valence-corrected chi connectivity index (χ0v) is 17.8. The van der Waals surface area contributed by atoms with Gasteiger partial charge >= 0.3 is 0 Å². The lowest BCUT2D eigenvalue weighted by Gasteiger charge is -2.07. The number of fused-ring (bicyclic) bond motifs is 1. The van der Waals surface area contributed by atoms with Crippen LogP contribution in [0.5, 0.6) is 5.88 Å². The van der Waals surface area contributed by atoms with Crippen molar-refractivity contribution in [3.05, 3.63) is 40.5 Å². The first-order chi connectivity index (χ1) is 14.5. The summed E-state index contributed by atoms with van der Waals surface area (Å²) in [7, 11) is 3.11. The van der Waals surface area contributed by atoms with Crippen LogP contribution in [-0.2, 0) is 16.1 Å². The number of ether oxygens (including phenoxy) is 2. The number of hydrogen-bond donors (Lipinski definition) is 2. The van der Waals surface area contributed by atoms with Crippen molar-refractivity contribution in [3.63, 3.8) is 0 Å². The van der Waals surface area contributed by atoms with Gasteiger partial charge in [0.2, 0.25) is 11.8 Å². The van der Waals surface area contributed by atoms with E-state index >= 15 is 0 Å². The van der Waals surface area contributed by atoms with E-state index in [1.165, 1.54) is 11.3 Å². The molecule has 2 N–H and O–H groups in total. The third kappa shape index (κ3) is 4.12. The highest BCUT2D eigenvalue weighted by Crippen LogP contribution is 2.35. The molecular weight excluding hydrogens is 404 g/mol. The molecule has 9 heteroatoms. The Morgan fingerprint density at radius 3 is 2.37 bits per heavy atom. The summed E-state index contributed by atoms with van der Waals surface area (Å²) >= 11 is 1.29. The standard InChI is InChI=1S/C21H22N4O4S/c1-11-16-20(29-3)24-15(10-28-2)25-21(16)30-17(11)19(27)23-14-8-6-13(7-9-14)22-18(26)12-4-5-12/h6-9,12H,4-5,10H2,1-3H3,(H,22,26)(H,23,27). The van der Waals surface area contributed by atoms with Crippen LogP contribution in [0, 0.1) is 12.8 Å². The van der Waals surface area contributed by atoms with Gasteiger partial charge in [0.15, 0.2) is 5.82 Å². The molecule has 0 radical (unpaired) electrons. The second-order valence-corrected chi connectivity index (χ2v) is 8.11. The molecule has 8 nitrogen and oxygen atoms in total. The van der Waals surface area contributed by atoms with Gasteiger partial charge in [0, 0.05) is 24.4 Å². The van der Waals surface area contributed by atoms with Gasteiger partial charge in [-0.15, -0.1) is 11.3 Å².